The zero-order valence-electron chi connectivity index (χ0n) is 10.3. The molecule has 0 radical (unpaired) electrons. The lowest BCUT2D eigenvalue weighted by molar-refractivity contribution is -0.123. The van der Waals surface area contributed by atoms with Gasteiger partial charge in [0.25, 0.3) is 0 Å². The summed E-state index contributed by atoms with van der Waals surface area (Å²) in [7, 11) is 0. The van der Waals surface area contributed by atoms with E-state index in [1.165, 1.54) is 12.8 Å². The number of benzene rings is 1. The van der Waals surface area contributed by atoms with E-state index in [-0.39, 0.29) is 5.92 Å². The second kappa shape index (κ2) is 5.68. The molecule has 1 aromatic carbocycles. The molecule has 0 saturated heterocycles. The van der Waals surface area contributed by atoms with Crippen molar-refractivity contribution in [2.24, 2.45) is 11.8 Å². The van der Waals surface area contributed by atoms with Crippen molar-refractivity contribution in [1.82, 2.24) is 0 Å². The van der Waals surface area contributed by atoms with Gasteiger partial charge in [0.05, 0.1) is 0 Å². The van der Waals surface area contributed by atoms with Gasteiger partial charge < -0.3 is 0 Å². The molecule has 2 rings (SSSR count). The molecule has 0 aliphatic heterocycles. The van der Waals surface area contributed by atoms with E-state index in [1.807, 2.05) is 24.3 Å². The molecule has 1 saturated carbocycles. The average molecular weight is 251 g/mol. The van der Waals surface area contributed by atoms with Gasteiger partial charge in [-0.15, -0.1) is 0 Å². The Bertz CT molecular complexity index is 392. The first kappa shape index (κ1) is 12.6. The predicted octanol–water partition coefficient (Wildman–Crippen LogP) is 4.28. The van der Waals surface area contributed by atoms with Gasteiger partial charge in [-0.25, -0.2) is 0 Å². The Morgan fingerprint density at radius 2 is 2.00 bits per heavy atom. The normalized spacial score (nSPS) is 24.6. The molecule has 1 aliphatic carbocycles. The Labute approximate surface area is 108 Å². The molecule has 1 nitrogen and oxygen atoms in total. The summed E-state index contributed by atoms with van der Waals surface area (Å²) in [4.78, 5) is 12.1. The maximum Gasteiger partial charge on any atom is 0.140 e. The van der Waals surface area contributed by atoms with Crippen LogP contribution in [0.5, 0.6) is 0 Å². The van der Waals surface area contributed by atoms with Crippen molar-refractivity contribution >= 4 is 17.4 Å². The number of hydrogen-bond donors (Lipinski definition) is 0. The smallest absolute Gasteiger partial charge is 0.140 e. The van der Waals surface area contributed by atoms with E-state index < -0.39 is 0 Å². The fourth-order valence-electron chi connectivity index (χ4n) is 2.57. The van der Waals surface area contributed by atoms with Crippen molar-refractivity contribution in [2.45, 2.75) is 39.0 Å². The standard InChI is InChI=1S/C15H19ClO/c1-11-5-7-13(8-6-11)15(17)10-12-3-2-4-14(16)9-12/h2-4,9,11,13H,5-8,10H2,1H3. The highest BCUT2D eigenvalue weighted by Crippen LogP contribution is 2.29. The van der Waals surface area contributed by atoms with Gasteiger partial charge in [0.15, 0.2) is 0 Å². The lowest BCUT2D eigenvalue weighted by Gasteiger charge is -2.25. The largest absolute Gasteiger partial charge is 0.299 e. The maximum absolute atomic E-state index is 12.1. The number of halogens is 1. The average Bonchev–Trinajstić information content (AvgIpc) is 2.29. The van der Waals surface area contributed by atoms with Crippen LogP contribution >= 0.6 is 11.6 Å². The summed E-state index contributed by atoms with van der Waals surface area (Å²) < 4.78 is 0. The van der Waals surface area contributed by atoms with Gasteiger partial charge in [0.1, 0.15) is 5.78 Å². The Morgan fingerprint density at radius 3 is 2.65 bits per heavy atom. The highest BCUT2D eigenvalue weighted by Gasteiger charge is 2.23. The summed E-state index contributed by atoms with van der Waals surface area (Å²) in [5.74, 6) is 1.47. The number of ketones is 1. The number of carbonyl (C=O) groups is 1. The molecule has 0 spiro atoms. The van der Waals surface area contributed by atoms with E-state index in [4.69, 9.17) is 11.6 Å². The first-order chi connectivity index (χ1) is 8.15. The minimum atomic E-state index is 0.283. The fourth-order valence-corrected chi connectivity index (χ4v) is 2.79. The second-order valence-electron chi connectivity index (χ2n) is 5.23. The van der Waals surface area contributed by atoms with Gasteiger partial charge in [-0.05, 0) is 36.5 Å². The Balaban J connectivity index is 1.93. The quantitative estimate of drug-likeness (QED) is 0.783. The SMILES string of the molecule is CC1CCC(C(=O)Cc2cccc(Cl)c2)CC1. The van der Waals surface area contributed by atoms with E-state index in [2.05, 4.69) is 6.92 Å². The molecule has 1 aromatic rings. The van der Waals surface area contributed by atoms with Gasteiger partial charge in [-0.3, -0.25) is 4.79 Å². The predicted molar refractivity (Wildman–Crippen MR) is 71.3 cm³/mol. The van der Waals surface area contributed by atoms with Gasteiger partial charge >= 0.3 is 0 Å². The van der Waals surface area contributed by atoms with Crippen molar-refractivity contribution in [3.05, 3.63) is 34.9 Å². The molecule has 92 valence electrons. The summed E-state index contributed by atoms with van der Waals surface area (Å²) in [6.07, 6.45) is 5.08. The molecular formula is C15H19ClO. The van der Waals surface area contributed by atoms with Crippen LogP contribution in [0.25, 0.3) is 0 Å². The highest BCUT2D eigenvalue weighted by atomic mass is 35.5. The molecule has 0 atom stereocenters. The third kappa shape index (κ3) is 3.57. The first-order valence-electron chi connectivity index (χ1n) is 6.42. The molecule has 0 amide bonds. The van der Waals surface area contributed by atoms with Crippen molar-refractivity contribution in [2.75, 3.05) is 0 Å². The molecule has 0 unspecified atom stereocenters. The van der Waals surface area contributed by atoms with Crippen LogP contribution in [0.2, 0.25) is 5.02 Å². The topological polar surface area (TPSA) is 17.1 Å². The Morgan fingerprint density at radius 1 is 1.29 bits per heavy atom. The Hall–Kier alpha value is -0.820. The van der Waals surface area contributed by atoms with Crippen molar-refractivity contribution < 1.29 is 4.79 Å². The lowest BCUT2D eigenvalue weighted by Crippen LogP contribution is -2.22. The zero-order chi connectivity index (χ0) is 12.3. The van der Waals surface area contributed by atoms with Crippen LogP contribution in [0.4, 0.5) is 0 Å². The van der Waals surface area contributed by atoms with Crippen LogP contribution in [0, 0.1) is 11.8 Å². The highest BCUT2D eigenvalue weighted by molar-refractivity contribution is 6.30. The van der Waals surface area contributed by atoms with Gasteiger partial charge in [-0.2, -0.15) is 0 Å². The van der Waals surface area contributed by atoms with Gasteiger partial charge in [0.2, 0.25) is 0 Å². The van der Waals surface area contributed by atoms with Crippen molar-refractivity contribution in [3.8, 4) is 0 Å². The lowest BCUT2D eigenvalue weighted by atomic mass is 9.80. The van der Waals surface area contributed by atoms with Gasteiger partial charge in [0, 0.05) is 17.4 Å². The molecule has 0 aromatic heterocycles. The van der Waals surface area contributed by atoms with Crippen LogP contribution in [0.15, 0.2) is 24.3 Å². The third-order valence-electron chi connectivity index (χ3n) is 3.74. The number of Topliss-reactive ketones (excluding diaryl/α,β-unsaturated/α-hetero) is 1. The van der Waals surface area contributed by atoms with Crippen LogP contribution in [0.3, 0.4) is 0 Å². The minimum absolute atomic E-state index is 0.283. The zero-order valence-corrected chi connectivity index (χ0v) is 11.0. The van der Waals surface area contributed by atoms with E-state index in [0.29, 0.717) is 17.2 Å². The van der Waals surface area contributed by atoms with E-state index in [9.17, 15) is 4.79 Å². The first-order valence-corrected chi connectivity index (χ1v) is 6.80. The number of carbonyl (C=O) groups excluding carboxylic acids is 1. The maximum atomic E-state index is 12.1. The van der Waals surface area contributed by atoms with Crippen LogP contribution in [0.1, 0.15) is 38.2 Å². The molecule has 17 heavy (non-hydrogen) atoms. The monoisotopic (exact) mass is 250 g/mol. The molecule has 0 bridgehead atoms. The second-order valence-corrected chi connectivity index (χ2v) is 5.67. The summed E-state index contributed by atoms with van der Waals surface area (Å²) >= 11 is 5.92. The molecule has 0 heterocycles. The summed E-state index contributed by atoms with van der Waals surface area (Å²) in [6.45, 7) is 2.28. The number of rotatable bonds is 3. The summed E-state index contributed by atoms with van der Waals surface area (Å²) in [6, 6.07) is 7.63. The molecule has 0 N–H and O–H groups in total. The molecule has 2 heteroatoms. The van der Waals surface area contributed by atoms with Crippen LogP contribution < -0.4 is 0 Å². The van der Waals surface area contributed by atoms with Crippen LogP contribution in [-0.2, 0) is 11.2 Å². The summed E-state index contributed by atoms with van der Waals surface area (Å²) in [5, 5.41) is 0.715. The summed E-state index contributed by atoms with van der Waals surface area (Å²) in [5.41, 5.74) is 1.04. The van der Waals surface area contributed by atoms with Crippen molar-refractivity contribution in [1.29, 1.82) is 0 Å². The van der Waals surface area contributed by atoms with Crippen molar-refractivity contribution in [3.63, 3.8) is 0 Å². The van der Waals surface area contributed by atoms with Gasteiger partial charge in [-0.1, -0.05) is 43.5 Å². The Kier molecular flexibility index (Phi) is 4.22. The van der Waals surface area contributed by atoms with Crippen LogP contribution in [-0.4, -0.2) is 5.78 Å². The fraction of sp³-hybridized carbons (Fsp3) is 0.533. The molecular weight excluding hydrogens is 232 g/mol. The molecule has 1 fully saturated rings. The van der Waals surface area contributed by atoms with E-state index in [1.54, 1.807) is 0 Å². The third-order valence-corrected chi connectivity index (χ3v) is 3.97. The van der Waals surface area contributed by atoms with E-state index in [0.717, 1.165) is 24.3 Å². The molecule has 1 aliphatic rings. The minimum Gasteiger partial charge on any atom is -0.299 e. The number of hydrogen-bond acceptors (Lipinski definition) is 1. The van der Waals surface area contributed by atoms with E-state index >= 15 is 0 Å².